The summed E-state index contributed by atoms with van der Waals surface area (Å²) < 4.78 is 0.946. The number of hydrogen-bond acceptors (Lipinski definition) is 3. The number of anilines is 1. The van der Waals surface area contributed by atoms with E-state index >= 15 is 0 Å². The maximum atomic E-state index is 11.1. The second-order valence-electron chi connectivity index (χ2n) is 4.79. The highest BCUT2D eigenvalue weighted by molar-refractivity contribution is 9.10. The normalized spacial score (nSPS) is 15.9. The van der Waals surface area contributed by atoms with Crippen molar-refractivity contribution >= 4 is 27.9 Å². The Kier molecular flexibility index (Phi) is 4.78. The number of benzene rings is 1. The molecule has 1 aliphatic rings. The van der Waals surface area contributed by atoms with Crippen molar-refractivity contribution in [2.75, 3.05) is 38.1 Å². The van der Waals surface area contributed by atoms with Gasteiger partial charge in [0.25, 0.3) is 0 Å². The van der Waals surface area contributed by atoms with E-state index in [0.29, 0.717) is 0 Å². The second kappa shape index (κ2) is 6.34. The first kappa shape index (κ1) is 13.6. The van der Waals surface area contributed by atoms with Crippen LogP contribution in [0.4, 0.5) is 5.69 Å². The molecule has 0 unspecified atom stereocenters. The first-order chi connectivity index (χ1) is 8.70. The molecule has 2 rings (SSSR count). The van der Waals surface area contributed by atoms with E-state index in [1.807, 2.05) is 25.2 Å². The van der Waals surface area contributed by atoms with Gasteiger partial charge in [-0.1, -0.05) is 15.9 Å². The lowest BCUT2D eigenvalue weighted by Crippen LogP contribution is -2.31. The predicted molar refractivity (Wildman–Crippen MR) is 78.5 cm³/mol. The molecule has 0 radical (unpaired) electrons. The number of carbonyl (C=O) groups excluding carboxylic acids is 1. The molecule has 0 atom stereocenters. The van der Waals surface area contributed by atoms with Crippen molar-refractivity contribution in [1.29, 1.82) is 0 Å². The number of hydrogen-bond donors (Lipinski definition) is 0. The van der Waals surface area contributed by atoms with Gasteiger partial charge in [0.15, 0.2) is 6.29 Å². The second-order valence-corrected chi connectivity index (χ2v) is 5.71. The fourth-order valence-corrected chi connectivity index (χ4v) is 2.76. The predicted octanol–water partition coefficient (Wildman–Crippen LogP) is 2.79. The maximum absolute atomic E-state index is 11.1. The number of likely N-dealkylation sites (N-methyl/N-ethyl adjacent to an activating group) is 1. The van der Waals surface area contributed by atoms with Crippen molar-refractivity contribution in [3.05, 3.63) is 28.2 Å². The van der Waals surface area contributed by atoms with E-state index in [0.717, 1.165) is 35.1 Å². The molecule has 3 nitrogen and oxygen atoms in total. The molecule has 1 aromatic rings. The lowest BCUT2D eigenvalue weighted by Gasteiger charge is -2.24. The highest BCUT2D eigenvalue weighted by Crippen LogP contribution is 2.22. The van der Waals surface area contributed by atoms with Gasteiger partial charge in [-0.3, -0.25) is 4.79 Å². The minimum absolute atomic E-state index is 0.744. The number of nitrogens with zero attached hydrogens (tertiary/aromatic N) is 2. The Bertz CT molecular complexity index is 416. The third-order valence-corrected chi connectivity index (χ3v) is 3.97. The fraction of sp³-hybridized carbons (Fsp3) is 0.500. The first-order valence-electron chi connectivity index (χ1n) is 6.39. The summed E-state index contributed by atoms with van der Waals surface area (Å²) in [5, 5.41) is 0. The summed E-state index contributed by atoms with van der Waals surface area (Å²) in [7, 11) is 2.05. The van der Waals surface area contributed by atoms with Crippen LogP contribution in [0.25, 0.3) is 0 Å². The van der Waals surface area contributed by atoms with Crippen LogP contribution in [-0.4, -0.2) is 44.4 Å². The van der Waals surface area contributed by atoms with Crippen molar-refractivity contribution in [3.63, 3.8) is 0 Å². The summed E-state index contributed by atoms with van der Waals surface area (Å²) in [5.74, 6) is 0. The topological polar surface area (TPSA) is 23.6 Å². The van der Waals surface area contributed by atoms with Crippen LogP contribution < -0.4 is 4.90 Å². The Morgan fingerprint density at radius 2 is 2.11 bits per heavy atom. The third kappa shape index (κ3) is 3.33. The lowest BCUT2D eigenvalue weighted by molar-refractivity contribution is 0.112. The van der Waals surface area contributed by atoms with Crippen LogP contribution in [0.15, 0.2) is 22.7 Å². The van der Waals surface area contributed by atoms with Crippen LogP contribution in [0.3, 0.4) is 0 Å². The average molecular weight is 311 g/mol. The van der Waals surface area contributed by atoms with Crippen molar-refractivity contribution in [2.45, 2.75) is 12.8 Å². The van der Waals surface area contributed by atoms with Crippen LogP contribution in [0.2, 0.25) is 0 Å². The molecule has 0 amide bonds. The third-order valence-electron chi connectivity index (χ3n) is 3.48. The van der Waals surface area contributed by atoms with Crippen LogP contribution in [-0.2, 0) is 0 Å². The number of likely N-dealkylation sites (tertiary alicyclic amines) is 1. The summed E-state index contributed by atoms with van der Waals surface area (Å²) in [5.41, 5.74) is 1.75. The van der Waals surface area contributed by atoms with Crippen LogP contribution in [0, 0.1) is 0 Å². The van der Waals surface area contributed by atoms with E-state index in [2.05, 4.69) is 25.7 Å². The molecule has 1 heterocycles. The largest absolute Gasteiger partial charge is 0.373 e. The Balaban J connectivity index is 1.98. The SMILES string of the molecule is CN(CCN1CCCC1)c1ccc(Br)cc1C=O. The highest BCUT2D eigenvalue weighted by atomic mass is 79.9. The molecule has 0 aliphatic carbocycles. The molecule has 1 aromatic carbocycles. The van der Waals surface area contributed by atoms with Crippen molar-refractivity contribution in [3.8, 4) is 0 Å². The van der Waals surface area contributed by atoms with Gasteiger partial charge in [0, 0.05) is 35.9 Å². The zero-order chi connectivity index (χ0) is 13.0. The molecule has 1 saturated heterocycles. The molecule has 0 aromatic heterocycles. The van der Waals surface area contributed by atoms with Crippen molar-refractivity contribution in [2.24, 2.45) is 0 Å². The minimum Gasteiger partial charge on any atom is -0.373 e. The van der Waals surface area contributed by atoms with E-state index in [1.54, 1.807) is 0 Å². The van der Waals surface area contributed by atoms with E-state index in [-0.39, 0.29) is 0 Å². The number of rotatable bonds is 5. The molecule has 1 aliphatic heterocycles. The van der Waals surface area contributed by atoms with E-state index in [4.69, 9.17) is 0 Å². The van der Waals surface area contributed by atoms with Crippen molar-refractivity contribution < 1.29 is 4.79 Å². The molecule has 0 N–H and O–H groups in total. The summed E-state index contributed by atoms with van der Waals surface area (Å²) in [4.78, 5) is 15.7. The van der Waals surface area contributed by atoms with Gasteiger partial charge >= 0.3 is 0 Å². The molecule has 1 fully saturated rings. The lowest BCUT2D eigenvalue weighted by atomic mass is 10.2. The van der Waals surface area contributed by atoms with Gasteiger partial charge in [-0.25, -0.2) is 0 Å². The van der Waals surface area contributed by atoms with Crippen molar-refractivity contribution in [1.82, 2.24) is 4.90 Å². The number of halogens is 1. The molecule has 4 heteroatoms. The van der Waals surface area contributed by atoms with E-state index in [1.165, 1.54) is 25.9 Å². The summed E-state index contributed by atoms with van der Waals surface area (Å²) in [6, 6.07) is 5.85. The monoisotopic (exact) mass is 310 g/mol. The molecule has 98 valence electrons. The standard InChI is InChI=1S/C14H19BrN2O/c1-16(8-9-17-6-2-3-7-17)14-5-4-13(15)10-12(14)11-18/h4-5,10-11H,2-3,6-9H2,1H3. The van der Waals surface area contributed by atoms with Gasteiger partial charge in [-0.05, 0) is 44.1 Å². The van der Waals surface area contributed by atoms with Gasteiger partial charge in [-0.2, -0.15) is 0 Å². The van der Waals surface area contributed by atoms with Crippen LogP contribution >= 0.6 is 15.9 Å². The minimum atomic E-state index is 0.744. The Labute approximate surface area is 117 Å². The van der Waals surface area contributed by atoms with Gasteiger partial charge in [0.05, 0.1) is 0 Å². The summed E-state index contributed by atoms with van der Waals surface area (Å²) >= 11 is 3.39. The Morgan fingerprint density at radius 3 is 2.78 bits per heavy atom. The molecule has 0 spiro atoms. The zero-order valence-corrected chi connectivity index (χ0v) is 12.3. The Hall–Kier alpha value is -0.870. The average Bonchev–Trinajstić information content (AvgIpc) is 2.88. The molecule has 0 saturated carbocycles. The van der Waals surface area contributed by atoms with Gasteiger partial charge in [-0.15, -0.1) is 0 Å². The van der Waals surface area contributed by atoms with Crippen LogP contribution in [0.5, 0.6) is 0 Å². The van der Waals surface area contributed by atoms with E-state index in [9.17, 15) is 4.79 Å². The summed E-state index contributed by atoms with van der Waals surface area (Å²) in [6.45, 7) is 4.47. The summed E-state index contributed by atoms with van der Waals surface area (Å²) in [6.07, 6.45) is 3.57. The van der Waals surface area contributed by atoms with Gasteiger partial charge in [0.2, 0.25) is 0 Å². The first-order valence-corrected chi connectivity index (χ1v) is 7.18. The number of carbonyl (C=O) groups is 1. The zero-order valence-electron chi connectivity index (χ0n) is 10.7. The Morgan fingerprint density at radius 1 is 1.39 bits per heavy atom. The highest BCUT2D eigenvalue weighted by Gasteiger charge is 2.13. The molecule has 18 heavy (non-hydrogen) atoms. The van der Waals surface area contributed by atoms with Crippen LogP contribution in [0.1, 0.15) is 23.2 Å². The molecular formula is C14H19BrN2O. The smallest absolute Gasteiger partial charge is 0.152 e. The molecular weight excluding hydrogens is 292 g/mol. The van der Waals surface area contributed by atoms with Gasteiger partial charge < -0.3 is 9.80 Å². The van der Waals surface area contributed by atoms with Gasteiger partial charge in [0.1, 0.15) is 0 Å². The quantitative estimate of drug-likeness (QED) is 0.781. The number of aldehydes is 1. The fourth-order valence-electron chi connectivity index (χ4n) is 2.39. The van der Waals surface area contributed by atoms with E-state index < -0.39 is 0 Å². The molecule has 0 bridgehead atoms. The maximum Gasteiger partial charge on any atom is 0.152 e.